The number of anilines is 1. The Hall–Kier alpha value is -2.18. The Kier molecular flexibility index (Phi) is 4.72. The Bertz CT molecular complexity index is 509. The average Bonchev–Trinajstić information content (AvgIpc) is 2.47. The number of aromatic nitrogens is 2. The molecule has 2 rings (SSSR count). The predicted molar refractivity (Wildman–Crippen MR) is 77.1 cm³/mol. The molecule has 1 aliphatic rings. The molecule has 0 spiro atoms. The van der Waals surface area contributed by atoms with E-state index in [0.717, 1.165) is 32.1 Å². The summed E-state index contributed by atoms with van der Waals surface area (Å²) in [5, 5.41) is 22.7. The smallest absolute Gasteiger partial charge is 0.305 e. The summed E-state index contributed by atoms with van der Waals surface area (Å²) in [6, 6.07) is 3.24. The maximum absolute atomic E-state index is 11.4. The van der Waals surface area contributed by atoms with E-state index in [9.17, 15) is 9.59 Å². The first-order valence-corrected chi connectivity index (χ1v) is 7.10. The summed E-state index contributed by atoms with van der Waals surface area (Å²) in [6.45, 7) is 0. The van der Waals surface area contributed by atoms with E-state index in [2.05, 4.69) is 20.8 Å². The highest BCUT2D eigenvalue weighted by Gasteiger charge is 2.34. The summed E-state index contributed by atoms with van der Waals surface area (Å²) in [6.07, 6.45) is 4.81. The van der Waals surface area contributed by atoms with Gasteiger partial charge in [-0.2, -0.15) is 0 Å². The van der Waals surface area contributed by atoms with Crippen LogP contribution in [0.2, 0.25) is 0 Å². The fourth-order valence-corrected chi connectivity index (χ4v) is 2.78. The Morgan fingerprint density at radius 2 is 1.95 bits per heavy atom. The number of amides is 1. The van der Waals surface area contributed by atoms with Crippen molar-refractivity contribution in [3.05, 3.63) is 17.8 Å². The number of nitrogens with one attached hydrogen (secondary N) is 2. The van der Waals surface area contributed by atoms with Gasteiger partial charge in [-0.05, 0) is 25.0 Å². The number of carbonyl (C=O) groups excluding carboxylic acids is 1. The van der Waals surface area contributed by atoms with Crippen LogP contribution in [0.3, 0.4) is 0 Å². The van der Waals surface area contributed by atoms with E-state index in [1.165, 1.54) is 7.05 Å². The van der Waals surface area contributed by atoms with Gasteiger partial charge in [0, 0.05) is 12.6 Å². The van der Waals surface area contributed by atoms with E-state index in [0.29, 0.717) is 5.82 Å². The monoisotopic (exact) mass is 292 g/mol. The van der Waals surface area contributed by atoms with Crippen LogP contribution >= 0.6 is 0 Å². The van der Waals surface area contributed by atoms with Crippen molar-refractivity contribution in [3.8, 4) is 0 Å². The fraction of sp³-hybridized carbons (Fsp3) is 0.571. The van der Waals surface area contributed by atoms with Crippen LogP contribution < -0.4 is 10.6 Å². The highest BCUT2D eigenvalue weighted by Crippen LogP contribution is 2.33. The highest BCUT2D eigenvalue weighted by molar-refractivity contribution is 5.91. The maximum atomic E-state index is 11.4. The van der Waals surface area contributed by atoms with Crippen LogP contribution in [0.4, 0.5) is 5.82 Å². The molecule has 1 heterocycles. The molecule has 0 aromatic carbocycles. The fourth-order valence-electron chi connectivity index (χ4n) is 2.78. The zero-order chi connectivity index (χ0) is 15.3. The van der Waals surface area contributed by atoms with Gasteiger partial charge in [0.25, 0.3) is 5.91 Å². The first-order chi connectivity index (χ1) is 10.0. The molecule has 0 radical (unpaired) electrons. The first kappa shape index (κ1) is 15.2. The van der Waals surface area contributed by atoms with Gasteiger partial charge in [-0.3, -0.25) is 9.59 Å². The topological polar surface area (TPSA) is 104 Å². The third kappa shape index (κ3) is 3.90. The van der Waals surface area contributed by atoms with Crippen LogP contribution in [-0.2, 0) is 4.79 Å². The van der Waals surface area contributed by atoms with E-state index in [1.807, 2.05) is 0 Å². The molecule has 1 aromatic heterocycles. The Morgan fingerprint density at radius 1 is 1.24 bits per heavy atom. The van der Waals surface area contributed by atoms with Gasteiger partial charge in [0.05, 0.1) is 6.42 Å². The molecular formula is C14H20N4O3. The van der Waals surface area contributed by atoms with Gasteiger partial charge in [-0.15, -0.1) is 10.2 Å². The summed E-state index contributed by atoms with van der Waals surface area (Å²) >= 11 is 0. The summed E-state index contributed by atoms with van der Waals surface area (Å²) in [7, 11) is 1.53. The maximum Gasteiger partial charge on any atom is 0.305 e. The van der Waals surface area contributed by atoms with Crippen molar-refractivity contribution in [1.82, 2.24) is 15.5 Å². The minimum absolute atomic E-state index is 0.0614. The third-order valence-corrected chi connectivity index (χ3v) is 3.82. The zero-order valence-electron chi connectivity index (χ0n) is 12.1. The van der Waals surface area contributed by atoms with Crippen molar-refractivity contribution in [2.45, 2.75) is 44.1 Å². The minimum atomic E-state index is -0.820. The number of carboxylic acids is 1. The lowest BCUT2D eigenvalue weighted by Crippen LogP contribution is -2.42. The van der Waals surface area contributed by atoms with Crippen molar-refractivity contribution < 1.29 is 14.7 Å². The van der Waals surface area contributed by atoms with Crippen molar-refractivity contribution in [1.29, 1.82) is 0 Å². The predicted octanol–water partition coefficient (Wildman–Crippen LogP) is 1.43. The second-order valence-corrected chi connectivity index (χ2v) is 5.42. The molecule has 3 N–H and O–H groups in total. The van der Waals surface area contributed by atoms with E-state index >= 15 is 0 Å². The molecule has 1 amide bonds. The first-order valence-electron chi connectivity index (χ1n) is 7.10. The zero-order valence-corrected chi connectivity index (χ0v) is 12.1. The van der Waals surface area contributed by atoms with Crippen LogP contribution in [0.25, 0.3) is 0 Å². The molecule has 114 valence electrons. The average molecular weight is 292 g/mol. The Labute approximate surface area is 123 Å². The molecule has 21 heavy (non-hydrogen) atoms. The van der Waals surface area contributed by atoms with Crippen LogP contribution in [0, 0.1) is 0 Å². The molecule has 7 nitrogen and oxygen atoms in total. The third-order valence-electron chi connectivity index (χ3n) is 3.82. The number of aliphatic carboxylic acids is 1. The quantitative estimate of drug-likeness (QED) is 0.758. The van der Waals surface area contributed by atoms with E-state index in [1.54, 1.807) is 12.1 Å². The molecule has 0 bridgehead atoms. The molecule has 7 heteroatoms. The summed E-state index contributed by atoms with van der Waals surface area (Å²) in [5.74, 6) is -0.614. The second-order valence-electron chi connectivity index (χ2n) is 5.42. The second kappa shape index (κ2) is 6.51. The van der Waals surface area contributed by atoms with Crippen molar-refractivity contribution >= 4 is 17.7 Å². The van der Waals surface area contributed by atoms with Gasteiger partial charge in [0.15, 0.2) is 5.69 Å². The lowest BCUT2D eigenvalue weighted by atomic mass is 9.79. The van der Waals surface area contributed by atoms with Gasteiger partial charge < -0.3 is 15.7 Å². The minimum Gasteiger partial charge on any atom is -0.481 e. The molecule has 1 fully saturated rings. The van der Waals surface area contributed by atoms with Gasteiger partial charge >= 0.3 is 5.97 Å². The molecular weight excluding hydrogens is 272 g/mol. The van der Waals surface area contributed by atoms with Gasteiger partial charge in [-0.25, -0.2) is 0 Å². The standard InChI is InChI=1S/C14H20N4O3/c1-15-13(21)10-5-6-11(18-17-10)16-14(9-12(19)20)7-3-2-4-8-14/h5-6H,2-4,7-9H2,1H3,(H,15,21)(H,16,18)(H,19,20). The summed E-state index contributed by atoms with van der Waals surface area (Å²) in [4.78, 5) is 22.5. The lowest BCUT2D eigenvalue weighted by Gasteiger charge is -2.37. The number of carboxylic acid groups (broad SMARTS) is 1. The molecule has 0 aliphatic heterocycles. The van der Waals surface area contributed by atoms with Crippen LogP contribution in [0.5, 0.6) is 0 Å². The van der Waals surface area contributed by atoms with Crippen LogP contribution in [-0.4, -0.2) is 39.8 Å². The molecule has 0 unspecified atom stereocenters. The molecule has 1 aromatic rings. The van der Waals surface area contributed by atoms with Crippen LogP contribution in [0.1, 0.15) is 49.0 Å². The summed E-state index contributed by atoms with van der Waals surface area (Å²) < 4.78 is 0. The van der Waals surface area contributed by atoms with E-state index in [-0.39, 0.29) is 18.0 Å². The highest BCUT2D eigenvalue weighted by atomic mass is 16.4. The Balaban J connectivity index is 2.12. The van der Waals surface area contributed by atoms with Crippen molar-refractivity contribution in [3.63, 3.8) is 0 Å². The SMILES string of the molecule is CNC(=O)c1ccc(NC2(CC(=O)O)CCCCC2)nn1. The number of nitrogens with zero attached hydrogens (tertiary/aromatic N) is 2. The van der Waals surface area contributed by atoms with Crippen molar-refractivity contribution in [2.75, 3.05) is 12.4 Å². The van der Waals surface area contributed by atoms with E-state index in [4.69, 9.17) is 5.11 Å². The van der Waals surface area contributed by atoms with Crippen LogP contribution in [0.15, 0.2) is 12.1 Å². The largest absolute Gasteiger partial charge is 0.481 e. The summed E-state index contributed by atoms with van der Waals surface area (Å²) in [5.41, 5.74) is -0.230. The molecule has 0 saturated heterocycles. The Morgan fingerprint density at radius 3 is 2.48 bits per heavy atom. The van der Waals surface area contributed by atoms with E-state index < -0.39 is 11.5 Å². The van der Waals surface area contributed by atoms with Gasteiger partial charge in [-0.1, -0.05) is 19.3 Å². The number of carbonyl (C=O) groups is 2. The molecule has 1 saturated carbocycles. The molecule has 0 atom stereocenters. The molecule has 1 aliphatic carbocycles. The number of rotatable bonds is 5. The van der Waals surface area contributed by atoms with Crippen molar-refractivity contribution in [2.24, 2.45) is 0 Å². The van der Waals surface area contributed by atoms with Gasteiger partial charge in [0.2, 0.25) is 0 Å². The number of hydrogen-bond acceptors (Lipinski definition) is 5. The van der Waals surface area contributed by atoms with Gasteiger partial charge in [0.1, 0.15) is 5.82 Å². The lowest BCUT2D eigenvalue weighted by molar-refractivity contribution is -0.138. The normalized spacial score (nSPS) is 17.0. The number of hydrogen-bond donors (Lipinski definition) is 3.